The second-order valence-electron chi connectivity index (χ2n) is 6.20. The molecule has 120 valence electrons. The molecule has 23 heavy (non-hydrogen) atoms. The van der Waals surface area contributed by atoms with Crippen LogP contribution in [0.4, 0.5) is 18.9 Å². The lowest BCUT2D eigenvalue weighted by atomic mass is 9.84. The van der Waals surface area contributed by atoms with Crippen LogP contribution in [0.3, 0.4) is 0 Å². The summed E-state index contributed by atoms with van der Waals surface area (Å²) in [5, 5.41) is 3.37. The number of nitrogens with one attached hydrogen (secondary N) is 1. The van der Waals surface area contributed by atoms with Crippen molar-refractivity contribution in [2.24, 2.45) is 0 Å². The van der Waals surface area contributed by atoms with Gasteiger partial charge in [0.2, 0.25) is 0 Å². The van der Waals surface area contributed by atoms with Gasteiger partial charge in [-0.15, -0.1) is 0 Å². The fourth-order valence-electron chi connectivity index (χ4n) is 3.98. The Bertz CT molecular complexity index is 727. The van der Waals surface area contributed by atoms with Crippen molar-refractivity contribution < 1.29 is 13.2 Å². The van der Waals surface area contributed by atoms with Gasteiger partial charge in [-0.25, -0.2) is 0 Å². The highest BCUT2D eigenvalue weighted by Gasteiger charge is 2.49. The topological polar surface area (TPSA) is 15.3 Å². The molecule has 1 saturated heterocycles. The molecule has 2 aliphatic rings. The van der Waals surface area contributed by atoms with E-state index in [4.69, 9.17) is 0 Å². The number of anilines is 1. The number of piperazine rings is 1. The minimum atomic E-state index is -4.31. The number of benzene rings is 2. The van der Waals surface area contributed by atoms with Crippen molar-refractivity contribution in [3.05, 3.63) is 65.2 Å². The summed E-state index contributed by atoms with van der Waals surface area (Å²) in [6.45, 7) is 2.15. The summed E-state index contributed by atoms with van der Waals surface area (Å²) in [4.78, 5) is 2.16. The molecule has 0 aromatic heterocycles. The van der Waals surface area contributed by atoms with Crippen LogP contribution in [0.15, 0.2) is 48.5 Å². The molecule has 0 bridgehead atoms. The van der Waals surface area contributed by atoms with Gasteiger partial charge in [0, 0.05) is 31.7 Å². The molecule has 2 aliphatic heterocycles. The van der Waals surface area contributed by atoms with Gasteiger partial charge in [-0.1, -0.05) is 36.4 Å². The second-order valence-corrected chi connectivity index (χ2v) is 6.20. The Hall–Kier alpha value is -2.01. The standard InChI is InChI=1S/C18H17F3N2/c19-18(20,21)15-7-4-8-16-14(15)11-17(12-22-9-10-23(16)17)13-5-2-1-3-6-13/h1-8,22H,9-12H2. The van der Waals surface area contributed by atoms with Gasteiger partial charge in [-0.2, -0.15) is 13.2 Å². The van der Waals surface area contributed by atoms with Crippen LogP contribution in [-0.4, -0.2) is 19.6 Å². The van der Waals surface area contributed by atoms with Gasteiger partial charge in [-0.05, 0) is 23.3 Å². The normalized spacial score (nSPS) is 23.5. The van der Waals surface area contributed by atoms with E-state index in [0.29, 0.717) is 25.1 Å². The van der Waals surface area contributed by atoms with Crippen LogP contribution in [-0.2, 0) is 18.1 Å². The minimum Gasteiger partial charge on any atom is -0.359 e. The predicted molar refractivity (Wildman–Crippen MR) is 83.5 cm³/mol. The van der Waals surface area contributed by atoms with Crippen molar-refractivity contribution in [1.29, 1.82) is 0 Å². The molecule has 1 N–H and O–H groups in total. The molecular formula is C18H17F3N2. The van der Waals surface area contributed by atoms with E-state index in [0.717, 1.165) is 17.8 Å². The third-order valence-corrected chi connectivity index (χ3v) is 4.97. The number of rotatable bonds is 1. The fourth-order valence-corrected chi connectivity index (χ4v) is 3.98. The van der Waals surface area contributed by atoms with Gasteiger partial charge in [0.25, 0.3) is 0 Å². The molecule has 2 aromatic carbocycles. The Kier molecular flexibility index (Phi) is 3.17. The molecule has 2 aromatic rings. The highest BCUT2D eigenvalue weighted by atomic mass is 19.4. The van der Waals surface area contributed by atoms with Crippen LogP contribution in [0.1, 0.15) is 16.7 Å². The van der Waals surface area contributed by atoms with Gasteiger partial charge >= 0.3 is 6.18 Å². The lowest BCUT2D eigenvalue weighted by Gasteiger charge is -2.45. The maximum atomic E-state index is 13.4. The number of hydrogen-bond donors (Lipinski definition) is 1. The van der Waals surface area contributed by atoms with Crippen LogP contribution in [0, 0.1) is 0 Å². The van der Waals surface area contributed by atoms with Crippen molar-refractivity contribution in [2.45, 2.75) is 18.1 Å². The molecule has 4 rings (SSSR count). The van der Waals surface area contributed by atoms with Gasteiger partial charge in [0.05, 0.1) is 11.1 Å². The molecule has 2 nitrogen and oxygen atoms in total. The van der Waals surface area contributed by atoms with E-state index < -0.39 is 17.3 Å². The van der Waals surface area contributed by atoms with Crippen molar-refractivity contribution in [3.63, 3.8) is 0 Å². The van der Waals surface area contributed by atoms with Crippen LogP contribution >= 0.6 is 0 Å². The molecular weight excluding hydrogens is 301 g/mol. The van der Waals surface area contributed by atoms with E-state index in [2.05, 4.69) is 10.2 Å². The quantitative estimate of drug-likeness (QED) is 0.865. The number of halogens is 3. The third-order valence-electron chi connectivity index (χ3n) is 4.97. The average molecular weight is 318 g/mol. The Morgan fingerprint density at radius 2 is 1.78 bits per heavy atom. The van der Waals surface area contributed by atoms with Crippen molar-refractivity contribution in [3.8, 4) is 0 Å². The maximum Gasteiger partial charge on any atom is 0.416 e. The Morgan fingerprint density at radius 3 is 2.52 bits per heavy atom. The van der Waals surface area contributed by atoms with Gasteiger partial charge < -0.3 is 10.2 Å². The van der Waals surface area contributed by atoms with E-state index in [9.17, 15) is 13.2 Å². The SMILES string of the molecule is FC(F)(F)c1cccc2c1CC1(c3ccccc3)CNCCN21. The summed E-state index contributed by atoms with van der Waals surface area (Å²) >= 11 is 0. The summed E-state index contributed by atoms with van der Waals surface area (Å²) in [6, 6.07) is 14.4. The monoisotopic (exact) mass is 318 g/mol. The van der Waals surface area contributed by atoms with E-state index >= 15 is 0 Å². The predicted octanol–water partition coefficient (Wildman–Crippen LogP) is 3.57. The molecule has 0 saturated carbocycles. The van der Waals surface area contributed by atoms with Crippen molar-refractivity contribution >= 4 is 5.69 Å². The summed E-state index contributed by atoms with van der Waals surface area (Å²) in [6.07, 6.45) is -3.93. The average Bonchev–Trinajstić information content (AvgIpc) is 2.90. The largest absolute Gasteiger partial charge is 0.416 e. The summed E-state index contributed by atoms with van der Waals surface area (Å²) in [7, 11) is 0. The van der Waals surface area contributed by atoms with Crippen molar-refractivity contribution in [1.82, 2.24) is 5.32 Å². The van der Waals surface area contributed by atoms with Gasteiger partial charge in [0.15, 0.2) is 0 Å². The minimum absolute atomic E-state index is 0.384. The first kappa shape index (κ1) is 14.6. The molecule has 1 atom stereocenters. The summed E-state index contributed by atoms with van der Waals surface area (Å²) in [5.74, 6) is 0. The molecule has 1 fully saturated rings. The van der Waals surface area contributed by atoms with E-state index in [1.54, 1.807) is 0 Å². The van der Waals surface area contributed by atoms with E-state index in [1.165, 1.54) is 12.1 Å². The molecule has 2 heterocycles. The highest BCUT2D eigenvalue weighted by Crippen LogP contribution is 2.49. The summed E-state index contributed by atoms with van der Waals surface area (Å²) < 4.78 is 40.2. The van der Waals surface area contributed by atoms with Crippen molar-refractivity contribution in [2.75, 3.05) is 24.5 Å². The van der Waals surface area contributed by atoms with Crippen LogP contribution < -0.4 is 10.2 Å². The molecule has 1 unspecified atom stereocenters. The zero-order valence-electron chi connectivity index (χ0n) is 12.5. The molecule has 5 heteroatoms. The first-order valence-corrected chi connectivity index (χ1v) is 7.75. The first-order chi connectivity index (χ1) is 11.0. The Morgan fingerprint density at radius 1 is 1.00 bits per heavy atom. The Labute approximate surface area is 132 Å². The number of alkyl halides is 3. The lowest BCUT2D eigenvalue weighted by Crippen LogP contribution is -2.57. The van der Waals surface area contributed by atoms with Gasteiger partial charge in [0.1, 0.15) is 0 Å². The molecule has 0 radical (unpaired) electrons. The third kappa shape index (κ3) is 2.14. The number of hydrogen-bond acceptors (Lipinski definition) is 2. The lowest BCUT2D eigenvalue weighted by molar-refractivity contribution is -0.138. The van der Waals surface area contributed by atoms with Crippen LogP contribution in [0.2, 0.25) is 0 Å². The van der Waals surface area contributed by atoms with Gasteiger partial charge in [-0.3, -0.25) is 0 Å². The maximum absolute atomic E-state index is 13.4. The molecule has 0 amide bonds. The Balaban J connectivity index is 1.89. The number of nitrogens with zero attached hydrogens (tertiary/aromatic N) is 1. The second kappa shape index (κ2) is 4.99. The molecule has 0 aliphatic carbocycles. The summed E-state index contributed by atoms with van der Waals surface area (Å²) in [5.41, 5.74) is 1.29. The zero-order valence-corrected chi connectivity index (χ0v) is 12.5. The van der Waals surface area contributed by atoms with E-state index in [-0.39, 0.29) is 0 Å². The fraction of sp³-hybridized carbons (Fsp3) is 0.333. The molecule has 0 spiro atoms. The number of fused-ring (bicyclic) bond motifs is 3. The van der Waals surface area contributed by atoms with E-state index in [1.807, 2.05) is 36.4 Å². The van der Waals surface area contributed by atoms with Crippen LogP contribution in [0.25, 0.3) is 0 Å². The zero-order chi connectivity index (χ0) is 16.1. The highest BCUT2D eigenvalue weighted by molar-refractivity contribution is 5.67. The smallest absolute Gasteiger partial charge is 0.359 e. The first-order valence-electron chi connectivity index (χ1n) is 7.75. The van der Waals surface area contributed by atoms with Crippen LogP contribution in [0.5, 0.6) is 0 Å².